The molecule has 0 aliphatic carbocycles. The SMILES string of the molecule is CSCC[C@H](NC(=O)c1ccc(N)cc1)C(=O)Nc1nc(-c2cccc(-c3ccnc(C)c3)c2)cs1.S. The molecule has 0 aliphatic rings. The van der Waals surface area contributed by atoms with Gasteiger partial charge in [-0.2, -0.15) is 25.3 Å². The molecule has 0 radical (unpaired) electrons. The maximum absolute atomic E-state index is 13.1. The third-order valence-electron chi connectivity index (χ3n) is 5.53. The van der Waals surface area contributed by atoms with Crippen molar-refractivity contribution >= 4 is 59.2 Å². The van der Waals surface area contributed by atoms with Gasteiger partial charge in [-0.05, 0) is 78.9 Å². The van der Waals surface area contributed by atoms with Gasteiger partial charge in [-0.1, -0.05) is 18.2 Å². The molecule has 0 fully saturated rings. The zero-order valence-electron chi connectivity index (χ0n) is 20.5. The number of anilines is 2. The van der Waals surface area contributed by atoms with Crippen LogP contribution in [0, 0.1) is 6.92 Å². The molecule has 4 aromatic rings. The van der Waals surface area contributed by atoms with Gasteiger partial charge in [0.2, 0.25) is 5.91 Å². The van der Waals surface area contributed by atoms with Crippen molar-refractivity contribution in [3.05, 3.63) is 83.5 Å². The molecular weight excluding hydrogens is 523 g/mol. The van der Waals surface area contributed by atoms with Crippen LogP contribution < -0.4 is 16.4 Å². The summed E-state index contributed by atoms with van der Waals surface area (Å²) in [6, 6.07) is 18.0. The Balaban J connectivity index is 0.00000380. The normalized spacial score (nSPS) is 11.3. The van der Waals surface area contributed by atoms with Gasteiger partial charge < -0.3 is 16.4 Å². The Morgan fingerprint density at radius 2 is 1.78 bits per heavy atom. The summed E-state index contributed by atoms with van der Waals surface area (Å²) in [4.78, 5) is 34.6. The molecule has 37 heavy (non-hydrogen) atoms. The van der Waals surface area contributed by atoms with Crippen LogP contribution in [0.2, 0.25) is 0 Å². The number of rotatable bonds is 9. The lowest BCUT2D eigenvalue weighted by molar-refractivity contribution is -0.118. The summed E-state index contributed by atoms with van der Waals surface area (Å²) in [6.45, 7) is 1.97. The van der Waals surface area contributed by atoms with E-state index in [4.69, 9.17) is 5.73 Å². The minimum atomic E-state index is -0.687. The smallest absolute Gasteiger partial charge is 0.251 e. The highest BCUT2D eigenvalue weighted by Gasteiger charge is 2.22. The second kappa shape index (κ2) is 13.3. The summed E-state index contributed by atoms with van der Waals surface area (Å²) in [5, 5.41) is 8.12. The minimum absolute atomic E-state index is 0. The molecule has 4 rings (SSSR count). The van der Waals surface area contributed by atoms with Gasteiger partial charge in [0.25, 0.3) is 5.91 Å². The molecule has 0 bridgehead atoms. The van der Waals surface area contributed by atoms with Crippen LogP contribution in [0.4, 0.5) is 10.8 Å². The van der Waals surface area contributed by atoms with Crippen molar-refractivity contribution in [2.45, 2.75) is 19.4 Å². The fourth-order valence-corrected chi connectivity index (χ4v) is 4.81. The van der Waals surface area contributed by atoms with Gasteiger partial charge in [-0.25, -0.2) is 4.98 Å². The van der Waals surface area contributed by atoms with Gasteiger partial charge >= 0.3 is 0 Å². The largest absolute Gasteiger partial charge is 0.399 e. The van der Waals surface area contributed by atoms with Crippen molar-refractivity contribution in [1.29, 1.82) is 0 Å². The van der Waals surface area contributed by atoms with Crippen molar-refractivity contribution in [3.63, 3.8) is 0 Å². The van der Waals surface area contributed by atoms with Gasteiger partial charge in [-0.15, -0.1) is 11.3 Å². The van der Waals surface area contributed by atoms with Crippen LogP contribution in [0.5, 0.6) is 0 Å². The summed E-state index contributed by atoms with van der Waals surface area (Å²) in [7, 11) is 0. The number of amides is 2. The molecular formula is C27H29N5O2S3. The second-order valence-electron chi connectivity index (χ2n) is 8.22. The lowest BCUT2D eigenvalue weighted by Crippen LogP contribution is -2.44. The first kappa shape index (κ1) is 28.2. The zero-order chi connectivity index (χ0) is 25.5. The first-order valence-electron chi connectivity index (χ1n) is 11.4. The van der Waals surface area contributed by atoms with E-state index < -0.39 is 6.04 Å². The summed E-state index contributed by atoms with van der Waals surface area (Å²) in [6.07, 6.45) is 4.26. The lowest BCUT2D eigenvalue weighted by atomic mass is 10.0. The highest BCUT2D eigenvalue weighted by Crippen LogP contribution is 2.29. The average Bonchev–Trinajstić information content (AvgIpc) is 3.35. The molecule has 0 saturated heterocycles. The summed E-state index contributed by atoms with van der Waals surface area (Å²) in [5.74, 6) is 0.110. The molecule has 7 nitrogen and oxygen atoms in total. The molecule has 0 unspecified atom stereocenters. The number of aromatic nitrogens is 2. The van der Waals surface area contributed by atoms with Crippen molar-refractivity contribution in [1.82, 2.24) is 15.3 Å². The molecule has 2 aromatic carbocycles. The highest BCUT2D eigenvalue weighted by molar-refractivity contribution is 7.98. The van der Waals surface area contributed by atoms with Gasteiger partial charge in [0.1, 0.15) is 6.04 Å². The van der Waals surface area contributed by atoms with Crippen molar-refractivity contribution in [2.75, 3.05) is 23.1 Å². The molecule has 4 N–H and O–H groups in total. The standard InChI is InChI=1S/C27H27N5O2S2.H2S/c1-17-14-20(10-12-29-17)19-4-3-5-21(15-19)24-16-36-27(31-24)32-26(34)23(11-13-35-2)30-25(33)18-6-8-22(28)9-7-18;/h3-10,12,14-16,23H,11,13,28H2,1-2H3,(H,30,33)(H,31,32,34);1H2/t23-;/m0./s1. The second-order valence-corrected chi connectivity index (χ2v) is 10.1. The third kappa shape index (κ3) is 7.58. The van der Waals surface area contributed by atoms with E-state index in [1.807, 2.05) is 48.9 Å². The number of carbonyl (C=O) groups is 2. The van der Waals surface area contributed by atoms with Crippen LogP contribution in [0.15, 0.2) is 72.2 Å². The van der Waals surface area contributed by atoms with Gasteiger partial charge in [0.15, 0.2) is 5.13 Å². The van der Waals surface area contributed by atoms with E-state index in [-0.39, 0.29) is 25.3 Å². The fourth-order valence-electron chi connectivity index (χ4n) is 3.62. The van der Waals surface area contributed by atoms with Crippen molar-refractivity contribution in [3.8, 4) is 22.4 Å². The van der Waals surface area contributed by atoms with E-state index in [0.717, 1.165) is 33.8 Å². The Morgan fingerprint density at radius 1 is 1.05 bits per heavy atom. The van der Waals surface area contributed by atoms with Crippen molar-refractivity contribution < 1.29 is 9.59 Å². The molecule has 192 valence electrons. The fraction of sp³-hybridized carbons (Fsp3) is 0.185. The molecule has 0 aliphatic heterocycles. The van der Waals surface area contributed by atoms with Crippen LogP contribution in [-0.4, -0.2) is 39.8 Å². The number of thioether (sulfide) groups is 1. The van der Waals surface area contributed by atoms with Crippen LogP contribution in [-0.2, 0) is 4.79 Å². The number of benzene rings is 2. The number of pyridine rings is 1. The van der Waals surface area contributed by atoms with E-state index in [1.165, 1.54) is 11.3 Å². The molecule has 2 heterocycles. The lowest BCUT2D eigenvalue weighted by Gasteiger charge is -2.17. The number of thiazole rings is 1. The Bertz CT molecular complexity index is 1360. The number of nitrogen functional groups attached to an aromatic ring is 1. The molecule has 0 spiro atoms. The first-order valence-corrected chi connectivity index (χ1v) is 13.7. The van der Waals surface area contributed by atoms with E-state index in [2.05, 4.69) is 26.7 Å². The number of aryl methyl sites for hydroxylation is 1. The molecule has 10 heteroatoms. The Morgan fingerprint density at radius 3 is 2.51 bits per heavy atom. The van der Waals surface area contributed by atoms with Crippen LogP contribution >= 0.6 is 36.6 Å². The molecule has 2 amide bonds. The van der Waals surface area contributed by atoms with Crippen molar-refractivity contribution in [2.24, 2.45) is 0 Å². The van der Waals surface area contributed by atoms with Crippen LogP contribution in [0.1, 0.15) is 22.5 Å². The van der Waals surface area contributed by atoms with Gasteiger partial charge in [0, 0.05) is 34.1 Å². The Labute approximate surface area is 231 Å². The Hall–Kier alpha value is -3.34. The molecule has 0 saturated carbocycles. The van der Waals surface area contributed by atoms with E-state index >= 15 is 0 Å². The number of hydrogen-bond donors (Lipinski definition) is 3. The number of carbonyl (C=O) groups excluding carboxylic acids is 2. The van der Waals surface area contributed by atoms with Crippen LogP contribution in [0.3, 0.4) is 0 Å². The predicted molar refractivity (Wildman–Crippen MR) is 160 cm³/mol. The minimum Gasteiger partial charge on any atom is -0.399 e. The number of nitrogens with one attached hydrogen (secondary N) is 2. The Kier molecular flexibility index (Phi) is 10.1. The predicted octanol–water partition coefficient (Wildman–Crippen LogP) is 5.37. The maximum atomic E-state index is 13.1. The maximum Gasteiger partial charge on any atom is 0.251 e. The number of nitrogens with zero attached hydrogens (tertiary/aromatic N) is 2. The first-order chi connectivity index (χ1) is 17.4. The average molecular weight is 552 g/mol. The van der Waals surface area contributed by atoms with E-state index in [9.17, 15) is 9.59 Å². The third-order valence-corrected chi connectivity index (χ3v) is 6.93. The van der Waals surface area contributed by atoms with Crippen LogP contribution in [0.25, 0.3) is 22.4 Å². The van der Waals surface area contributed by atoms with Gasteiger partial charge in [0.05, 0.1) is 5.69 Å². The monoisotopic (exact) mass is 551 g/mol. The zero-order valence-corrected chi connectivity index (χ0v) is 23.2. The quantitative estimate of drug-likeness (QED) is 0.241. The van der Waals surface area contributed by atoms with E-state index in [1.54, 1.807) is 42.2 Å². The van der Waals surface area contributed by atoms with Gasteiger partial charge in [-0.3, -0.25) is 14.6 Å². The number of nitrogens with two attached hydrogens (primary N) is 1. The number of hydrogen-bond acceptors (Lipinski definition) is 7. The van der Waals surface area contributed by atoms with E-state index in [0.29, 0.717) is 22.8 Å². The topological polar surface area (TPSA) is 110 Å². The summed E-state index contributed by atoms with van der Waals surface area (Å²) in [5.41, 5.74) is 11.6. The summed E-state index contributed by atoms with van der Waals surface area (Å²) < 4.78 is 0. The molecule has 1 atom stereocenters. The highest BCUT2D eigenvalue weighted by atomic mass is 32.2. The molecule has 2 aromatic heterocycles. The summed E-state index contributed by atoms with van der Waals surface area (Å²) >= 11 is 2.97.